The average Bonchev–Trinajstić information content (AvgIpc) is 2.87. The van der Waals surface area contributed by atoms with Gasteiger partial charge in [-0.2, -0.15) is 10.1 Å². The first-order chi connectivity index (χ1) is 11.1. The van der Waals surface area contributed by atoms with E-state index in [1.54, 1.807) is 4.52 Å². The number of likely N-dealkylation sites (N-methyl/N-ethyl adjacent to an activating group) is 1. The number of aryl methyl sites for hydroxylation is 2. The second kappa shape index (κ2) is 6.62. The molecule has 1 fully saturated rings. The molecule has 2 aromatic heterocycles. The molecule has 1 aliphatic heterocycles. The van der Waals surface area contributed by atoms with Gasteiger partial charge in [0.2, 0.25) is 5.91 Å². The van der Waals surface area contributed by atoms with Crippen LogP contribution in [0.4, 0.5) is 0 Å². The maximum atomic E-state index is 12.5. The van der Waals surface area contributed by atoms with Gasteiger partial charge in [-0.25, -0.2) is 9.50 Å². The SMILES string of the molecule is Cc1nc2ncnn2c(C)c1CCC(=O)N1CCCN(C)CC1. The third-order valence-corrected chi connectivity index (χ3v) is 4.65. The molecule has 0 unspecified atom stereocenters. The van der Waals surface area contributed by atoms with Gasteiger partial charge >= 0.3 is 0 Å². The molecular weight excluding hydrogens is 292 g/mol. The Bertz CT molecular complexity index is 710. The fourth-order valence-electron chi connectivity index (χ4n) is 3.20. The van der Waals surface area contributed by atoms with Crippen molar-refractivity contribution in [2.24, 2.45) is 0 Å². The number of carbonyl (C=O) groups is 1. The van der Waals surface area contributed by atoms with Crippen molar-refractivity contribution in [1.29, 1.82) is 0 Å². The predicted molar refractivity (Wildman–Crippen MR) is 87.3 cm³/mol. The van der Waals surface area contributed by atoms with Crippen molar-refractivity contribution in [2.45, 2.75) is 33.1 Å². The number of fused-ring (bicyclic) bond motifs is 1. The second-order valence-corrected chi connectivity index (χ2v) is 6.27. The van der Waals surface area contributed by atoms with E-state index in [9.17, 15) is 4.79 Å². The van der Waals surface area contributed by atoms with Crippen LogP contribution in [0.3, 0.4) is 0 Å². The summed E-state index contributed by atoms with van der Waals surface area (Å²) in [5.41, 5.74) is 3.06. The number of nitrogens with zero attached hydrogens (tertiary/aromatic N) is 6. The lowest BCUT2D eigenvalue weighted by molar-refractivity contribution is -0.131. The highest BCUT2D eigenvalue weighted by Gasteiger charge is 2.18. The first kappa shape index (κ1) is 15.9. The summed E-state index contributed by atoms with van der Waals surface area (Å²) in [7, 11) is 2.11. The summed E-state index contributed by atoms with van der Waals surface area (Å²) in [5.74, 6) is 0.850. The van der Waals surface area contributed by atoms with Gasteiger partial charge in [0.25, 0.3) is 5.78 Å². The molecule has 1 amide bonds. The third-order valence-electron chi connectivity index (χ3n) is 4.65. The van der Waals surface area contributed by atoms with Crippen molar-refractivity contribution in [3.8, 4) is 0 Å². The van der Waals surface area contributed by atoms with Gasteiger partial charge in [0, 0.05) is 37.4 Å². The van der Waals surface area contributed by atoms with Crippen LogP contribution in [0.25, 0.3) is 5.78 Å². The second-order valence-electron chi connectivity index (χ2n) is 6.27. The molecule has 2 aromatic rings. The molecule has 1 aliphatic rings. The molecule has 0 N–H and O–H groups in total. The molecule has 3 heterocycles. The number of amides is 1. The molecule has 23 heavy (non-hydrogen) atoms. The summed E-state index contributed by atoms with van der Waals surface area (Å²) in [5, 5.41) is 4.20. The van der Waals surface area contributed by atoms with Crippen LogP contribution in [0.2, 0.25) is 0 Å². The minimum absolute atomic E-state index is 0.234. The minimum atomic E-state index is 0.234. The van der Waals surface area contributed by atoms with E-state index in [0.29, 0.717) is 18.6 Å². The van der Waals surface area contributed by atoms with Crippen LogP contribution >= 0.6 is 0 Å². The van der Waals surface area contributed by atoms with Crippen molar-refractivity contribution in [3.63, 3.8) is 0 Å². The lowest BCUT2D eigenvalue weighted by atomic mass is 10.1. The van der Waals surface area contributed by atoms with E-state index in [1.807, 2.05) is 18.7 Å². The van der Waals surface area contributed by atoms with Gasteiger partial charge in [-0.3, -0.25) is 4.79 Å². The Morgan fingerprint density at radius 3 is 2.87 bits per heavy atom. The molecule has 0 aliphatic carbocycles. The molecule has 0 spiro atoms. The molecule has 7 nitrogen and oxygen atoms in total. The van der Waals surface area contributed by atoms with Crippen molar-refractivity contribution >= 4 is 11.7 Å². The summed E-state index contributed by atoms with van der Waals surface area (Å²) in [6, 6.07) is 0. The minimum Gasteiger partial charge on any atom is -0.341 e. The lowest BCUT2D eigenvalue weighted by Gasteiger charge is -2.21. The molecule has 0 atom stereocenters. The van der Waals surface area contributed by atoms with Crippen LogP contribution in [-0.4, -0.2) is 68.5 Å². The van der Waals surface area contributed by atoms with Crippen LogP contribution in [0.5, 0.6) is 0 Å². The zero-order chi connectivity index (χ0) is 16.4. The Balaban J connectivity index is 1.69. The van der Waals surface area contributed by atoms with E-state index in [0.717, 1.165) is 49.6 Å². The first-order valence-electron chi connectivity index (χ1n) is 8.18. The zero-order valence-corrected chi connectivity index (χ0v) is 14.1. The topological polar surface area (TPSA) is 66.6 Å². The van der Waals surface area contributed by atoms with E-state index in [4.69, 9.17) is 0 Å². The van der Waals surface area contributed by atoms with Gasteiger partial charge in [0.1, 0.15) is 6.33 Å². The summed E-state index contributed by atoms with van der Waals surface area (Å²) < 4.78 is 1.74. The molecule has 0 radical (unpaired) electrons. The van der Waals surface area contributed by atoms with E-state index in [1.165, 1.54) is 6.33 Å². The Morgan fingerprint density at radius 2 is 2.04 bits per heavy atom. The highest BCUT2D eigenvalue weighted by Crippen LogP contribution is 2.16. The number of rotatable bonds is 3. The Labute approximate surface area is 136 Å². The van der Waals surface area contributed by atoms with Crippen LogP contribution in [-0.2, 0) is 11.2 Å². The van der Waals surface area contributed by atoms with Gasteiger partial charge in [0.15, 0.2) is 0 Å². The molecule has 0 aromatic carbocycles. The highest BCUT2D eigenvalue weighted by atomic mass is 16.2. The van der Waals surface area contributed by atoms with Crippen molar-refractivity contribution in [2.75, 3.05) is 33.2 Å². The van der Waals surface area contributed by atoms with Crippen molar-refractivity contribution < 1.29 is 4.79 Å². The van der Waals surface area contributed by atoms with E-state index >= 15 is 0 Å². The van der Waals surface area contributed by atoms with Crippen molar-refractivity contribution in [3.05, 3.63) is 23.3 Å². The lowest BCUT2D eigenvalue weighted by Crippen LogP contribution is -2.34. The molecule has 7 heteroatoms. The van der Waals surface area contributed by atoms with Gasteiger partial charge in [-0.05, 0) is 45.8 Å². The van der Waals surface area contributed by atoms with Crippen LogP contribution < -0.4 is 0 Å². The largest absolute Gasteiger partial charge is 0.341 e. The van der Waals surface area contributed by atoms with Gasteiger partial charge in [0.05, 0.1) is 0 Å². The Kier molecular flexibility index (Phi) is 4.56. The first-order valence-corrected chi connectivity index (χ1v) is 8.18. The smallest absolute Gasteiger partial charge is 0.252 e. The fourth-order valence-corrected chi connectivity index (χ4v) is 3.20. The molecule has 1 saturated heterocycles. The number of aromatic nitrogens is 4. The van der Waals surface area contributed by atoms with Gasteiger partial charge in [-0.1, -0.05) is 0 Å². The summed E-state index contributed by atoms with van der Waals surface area (Å²) in [4.78, 5) is 25.4. The summed E-state index contributed by atoms with van der Waals surface area (Å²) in [6.07, 6.45) is 3.78. The monoisotopic (exact) mass is 316 g/mol. The third kappa shape index (κ3) is 3.34. The fraction of sp³-hybridized carbons (Fsp3) is 0.625. The normalized spacial score (nSPS) is 16.7. The standard InChI is InChI=1S/C16H24N6O/c1-12-14(13(2)22-16(19-12)17-11-18-22)5-6-15(23)21-8-4-7-20(3)9-10-21/h11H,4-10H2,1-3H3. The maximum Gasteiger partial charge on any atom is 0.252 e. The number of hydrogen-bond donors (Lipinski definition) is 0. The van der Waals surface area contributed by atoms with Gasteiger partial charge < -0.3 is 9.80 Å². The zero-order valence-electron chi connectivity index (χ0n) is 14.1. The van der Waals surface area contributed by atoms with Crippen LogP contribution in [0, 0.1) is 13.8 Å². The highest BCUT2D eigenvalue weighted by molar-refractivity contribution is 5.76. The van der Waals surface area contributed by atoms with Crippen LogP contribution in [0.1, 0.15) is 29.8 Å². The van der Waals surface area contributed by atoms with Crippen molar-refractivity contribution in [1.82, 2.24) is 29.4 Å². The number of carbonyl (C=O) groups excluding carboxylic acids is 1. The van der Waals surface area contributed by atoms with E-state index in [2.05, 4.69) is 27.0 Å². The van der Waals surface area contributed by atoms with Crippen LogP contribution in [0.15, 0.2) is 6.33 Å². The quantitative estimate of drug-likeness (QED) is 0.839. The molecule has 124 valence electrons. The molecular formula is C16H24N6O. The van der Waals surface area contributed by atoms with E-state index in [-0.39, 0.29) is 5.91 Å². The Hall–Kier alpha value is -2.02. The molecule has 0 saturated carbocycles. The average molecular weight is 316 g/mol. The maximum absolute atomic E-state index is 12.5. The summed E-state index contributed by atoms with van der Waals surface area (Å²) in [6.45, 7) is 7.69. The molecule has 0 bridgehead atoms. The molecule has 3 rings (SSSR count). The summed E-state index contributed by atoms with van der Waals surface area (Å²) >= 11 is 0. The number of hydrogen-bond acceptors (Lipinski definition) is 5. The van der Waals surface area contributed by atoms with Gasteiger partial charge in [-0.15, -0.1) is 0 Å². The Morgan fingerprint density at radius 1 is 1.22 bits per heavy atom. The predicted octanol–water partition coefficient (Wildman–Crippen LogP) is 0.838. The van der Waals surface area contributed by atoms with E-state index < -0.39 is 0 Å².